The molecule has 0 radical (unpaired) electrons. The molecule has 1 unspecified atom stereocenters. The van der Waals surface area contributed by atoms with Crippen LogP contribution in [0, 0.1) is 6.92 Å². The van der Waals surface area contributed by atoms with Crippen molar-refractivity contribution in [3.63, 3.8) is 0 Å². The summed E-state index contributed by atoms with van der Waals surface area (Å²) in [5.41, 5.74) is 1.65. The standard InChI is InChI=1S/C13H18N4O/c1-4-8-14-10(3)12-16-17-13(18-12)11-7-5-6-9(2)15-11/h5-7,10,14H,4,8H2,1-3H3. The van der Waals surface area contributed by atoms with Crippen molar-refractivity contribution < 1.29 is 4.42 Å². The van der Waals surface area contributed by atoms with Gasteiger partial charge >= 0.3 is 0 Å². The lowest BCUT2D eigenvalue weighted by molar-refractivity contribution is 0.422. The van der Waals surface area contributed by atoms with Crippen molar-refractivity contribution in [1.82, 2.24) is 20.5 Å². The Labute approximate surface area is 107 Å². The first-order valence-corrected chi connectivity index (χ1v) is 6.21. The monoisotopic (exact) mass is 246 g/mol. The molecule has 0 aliphatic heterocycles. The van der Waals surface area contributed by atoms with E-state index in [1.165, 1.54) is 0 Å². The molecule has 2 rings (SSSR count). The molecule has 5 heteroatoms. The SMILES string of the molecule is CCCNC(C)c1nnc(-c2cccc(C)n2)o1. The second kappa shape index (κ2) is 5.73. The summed E-state index contributed by atoms with van der Waals surface area (Å²) >= 11 is 0. The maximum Gasteiger partial charge on any atom is 0.266 e. The number of hydrogen-bond acceptors (Lipinski definition) is 5. The zero-order chi connectivity index (χ0) is 13.0. The van der Waals surface area contributed by atoms with E-state index in [2.05, 4.69) is 27.4 Å². The van der Waals surface area contributed by atoms with Crippen molar-refractivity contribution in [2.45, 2.75) is 33.2 Å². The zero-order valence-corrected chi connectivity index (χ0v) is 11.0. The summed E-state index contributed by atoms with van der Waals surface area (Å²) < 4.78 is 5.64. The fourth-order valence-corrected chi connectivity index (χ4v) is 1.62. The van der Waals surface area contributed by atoms with Gasteiger partial charge in [-0.3, -0.25) is 0 Å². The summed E-state index contributed by atoms with van der Waals surface area (Å²) in [4.78, 5) is 4.36. The van der Waals surface area contributed by atoms with Crippen LogP contribution in [0.3, 0.4) is 0 Å². The number of hydrogen-bond donors (Lipinski definition) is 1. The first-order chi connectivity index (χ1) is 8.70. The lowest BCUT2D eigenvalue weighted by Gasteiger charge is -2.07. The molecule has 5 nitrogen and oxygen atoms in total. The maximum atomic E-state index is 5.64. The molecule has 0 aliphatic carbocycles. The van der Waals surface area contributed by atoms with Gasteiger partial charge in [-0.25, -0.2) is 4.98 Å². The summed E-state index contributed by atoms with van der Waals surface area (Å²) in [5, 5.41) is 11.4. The van der Waals surface area contributed by atoms with E-state index in [1.807, 2.05) is 32.0 Å². The van der Waals surface area contributed by atoms with Crippen molar-refractivity contribution in [2.75, 3.05) is 6.54 Å². The topological polar surface area (TPSA) is 63.8 Å². The number of rotatable bonds is 5. The van der Waals surface area contributed by atoms with Gasteiger partial charge in [0, 0.05) is 5.69 Å². The highest BCUT2D eigenvalue weighted by atomic mass is 16.4. The highest BCUT2D eigenvalue weighted by Crippen LogP contribution is 2.18. The third-order valence-corrected chi connectivity index (χ3v) is 2.62. The molecule has 0 saturated heterocycles. The van der Waals surface area contributed by atoms with Gasteiger partial charge in [0.05, 0.1) is 6.04 Å². The van der Waals surface area contributed by atoms with Crippen molar-refractivity contribution in [3.05, 3.63) is 29.8 Å². The molecule has 96 valence electrons. The van der Waals surface area contributed by atoms with E-state index in [0.29, 0.717) is 11.8 Å². The second-order valence-corrected chi connectivity index (χ2v) is 4.29. The minimum Gasteiger partial charge on any atom is -0.418 e. The normalized spacial score (nSPS) is 12.6. The Morgan fingerprint density at radius 2 is 2.17 bits per heavy atom. The van der Waals surface area contributed by atoms with Gasteiger partial charge in [-0.05, 0) is 38.9 Å². The zero-order valence-electron chi connectivity index (χ0n) is 11.0. The molecule has 0 spiro atoms. The van der Waals surface area contributed by atoms with E-state index in [1.54, 1.807) is 0 Å². The lowest BCUT2D eigenvalue weighted by atomic mass is 10.3. The molecule has 2 aromatic rings. The minimum atomic E-state index is 0.0657. The molecule has 1 atom stereocenters. The van der Waals surface area contributed by atoms with E-state index in [0.717, 1.165) is 24.4 Å². The third kappa shape index (κ3) is 2.92. The fourth-order valence-electron chi connectivity index (χ4n) is 1.62. The van der Waals surface area contributed by atoms with Gasteiger partial charge in [0.2, 0.25) is 5.89 Å². The Balaban J connectivity index is 2.15. The van der Waals surface area contributed by atoms with Crippen LogP contribution in [0.4, 0.5) is 0 Å². The van der Waals surface area contributed by atoms with Crippen LogP contribution in [0.2, 0.25) is 0 Å². The van der Waals surface area contributed by atoms with Crippen molar-refractivity contribution in [2.24, 2.45) is 0 Å². The summed E-state index contributed by atoms with van der Waals surface area (Å²) in [6.45, 7) is 7.00. The number of aromatic nitrogens is 3. The molecule has 0 fully saturated rings. The van der Waals surface area contributed by atoms with Gasteiger partial charge in [0.15, 0.2) is 0 Å². The van der Waals surface area contributed by atoms with Crippen LogP contribution >= 0.6 is 0 Å². The molecular weight excluding hydrogens is 228 g/mol. The van der Waals surface area contributed by atoms with Crippen LogP contribution in [0.1, 0.15) is 37.9 Å². The molecular formula is C13H18N4O. The molecule has 2 heterocycles. The van der Waals surface area contributed by atoms with Crippen LogP contribution in [0.5, 0.6) is 0 Å². The minimum absolute atomic E-state index is 0.0657. The predicted molar refractivity (Wildman–Crippen MR) is 69.0 cm³/mol. The van der Waals surface area contributed by atoms with Gasteiger partial charge in [-0.1, -0.05) is 13.0 Å². The number of aryl methyl sites for hydroxylation is 1. The Bertz CT molecular complexity index is 509. The summed E-state index contributed by atoms with van der Waals surface area (Å²) in [6, 6.07) is 5.80. The van der Waals surface area contributed by atoms with E-state index < -0.39 is 0 Å². The molecule has 2 aromatic heterocycles. The Morgan fingerprint density at radius 3 is 2.89 bits per heavy atom. The van der Waals surface area contributed by atoms with E-state index in [-0.39, 0.29) is 6.04 Å². The molecule has 0 amide bonds. The van der Waals surface area contributed by atoms with Crippen LogP contribution in [-0.4, -0.2) is 21.7 Å². The van der Waals surface area contributed by atoms with Gasteiger partial charge < -0.3 is 9.73 Å². The van der Waals surface area contributed by atoms with Crippen LogP contribution in [0.15, 0.2) is 22.6 Å². The smallest absolute Gasteiger partial charge is 0.266 e. The number of nitrogens with zero attached hydrogens (tertiary/aromatic N) is 3. The van der Waals surface area contributed by atoms with Gasteiger partial charge in [0.1, 0.15) is 5.69 Å². The Morgan fingerprint density at radius 1 is 1.33 bits per heavy atom. The van der Waals surface area contributed by atoms with Crippen LogP contribution in [-0.2, 0) is 0 Å². The van der Waals surface area contributed by atoms with Gasteiger partial charge in [-0.2, -0.15) is 0 Å². The van der Waals surface area contributed by atoms with Crippen LogP contribution in [0.25, 0.3) is 11.6 Å². The summed E-state index contributed by atoms with van der Waals surface area (Å²) in [5.74, 6) is 1.07. The van der Waals surface area contributed by atoms with Crippen LogP contribution < -0.4 is 5.32 Å². The summed E-state index contributed by atoms with van der Waals surface area (Å²) in [7, 11) is 0. The van der Waals surface area contributed by atoms with Gasteiger partial charge in [0.25, 0.3) is 5.89 Å². The highest BCUT2D eigenvalue weighted by molar-refractivity contribution is 5.45. The maximum absolute atomic E-state index is 5.64. The molecule has 0 bridgehead atoms. The first kappa shape index (κ1) is 12.7. The van der Waals surface area contributed by atoms with Crippen molar-refractivity contribution in [3.8, 4) is 11.6 Å². The second-order valence-electron chi connectivity index (χ2n) is 4.29. The molecule has 0 saturated carbocycles. The molecule has 18 heavy (non-hydrogen) atoms. The predicted octanol–water partition coefficient (Wildman–Crippen LogP) is 2.50. The Kier molecular flexibility index (Phi) is 4.04. The van der Waals surface area contributed by atoms with E-state index in [9.17, 15) is 0 Å². The van der Waals surface area contributed by atoms with Crippen molar-refractivity contribution >= 4 is 0 Å². The number of pyridine rings is 1. The molecule has 0 aromatic carbocycles. The molecule has 1 N–H and O–H groups in total. The summed E-state index contributed by atoms with van der Waals surface area (Å²) in [6.07, 6.45) is 1.07. The average Bonchev–Trinajstić information content (AvgIpc) is 2.85. The van der Waals surface area contributed by atoms with E-state index in [4.69, 9.17) is 4.42 Å². The number of nitrogens with one attached hydrogen (secondary N) is 1. The average molecular weight is 246 g/mol. The van der Waals surface area contributed by atoms with E-state index >= 15 is 0 Å². The largest absolute Gasteiger partial charge is 0.418 e. The fraction of sp³-hybridized carbons (Fsp3) is 0.462. The first-order valence-electron chi connectivity index (χ1n) is 6.21. The third-order valence-electron chi connectivity index (χ3n) is 2.62. The lowest BCUT2D eigenvalue weighted by Crippen LogP contribution is -2.19. The van der Waals surface area contributed by atoms with Crippen molar-refractivity contribution in [1.29, 1.82) is 0 Å². The molecule has 0 aliphatic rings. The Hall–Kier alpha value is -1.75. The highest BCUT2D eigenvalue weighted by Gasteiger charge is 2.14. The quantitative estimate of drug-likeness (QED) is 0.878. The van der Waals surface area contributed by atoms with Gasteiger partial charge in [-0.15, -0.1) is 10.2 Å².